The molecule has 1 heterocycles. The lowest BCUT2D eigenvalue weighted by Gasteiger charge is -2.11. The van der Waals surface area contributed by atoms with Gasteiger partial charge in [0.05, 0.1) is 24.0 Å². The van der Waals surface area contributed by atoms with Crippen molar-refractivity contribution in [2.45, 2.75) is 0 Å². The van der Waals surface area contributed by atoms with Crippen LogP contribution < -0.4 is 15.4 Å². The van der Waals surface area contributed by atoms with Crippen molar-refractivity contribution >= 4 is 40.7 Å². The Bertz CT molecular complexity index is 786. The fourth-order valence-electron chi connectivity index (χ4n) is 1.76. The number of non-ortho nitro benzene ring substituents is 1. The van der Waals surface area contributed by atoms with Gasteiger partial charge < -0.3 is 14.5 Å². The highest BCUT2D eigenvalue weighted by atomic mass is 32.1. The van der Waals surface area contributed by atoms with Gasteiger partial charge in [0.25, 0.3) is 5.69 Å². The number of benzene rings is 1. The summed E-state index contributed by atoms with van der Waals surface area (Å²) < 4.78 is 10.2. The second-order valence-corrected chi connectivity index (χ2v) is 4.84. The minimum atomic E-state index is -0.543. The summed E-state index contributed by atoms with van der Waals surface area (Å²) in [5, 5.41) is 15.9. The van der Waals surface area contributed by atoms with Crippen LogP contribution >= 0.6 is 12.2 Å². The fraction of sp³-hybridized carbons (Fsp3) is 0.0667. The molecule has 0 atom stereocenters. The first-order chi connectivity index (χ1) is 11.5. The smallest absolute Gasteiger partial charge is 0.271 e. The Labute approximate surface area is 142 Å². The van der Waals surface area contributed by atoms with Gasteiger partial charge in [-0.1, -0.05) is 0 Å². The lowest BCUT2D eigenvalue weighted by atomic mass is 10.2. The van der Waals surface area contributed by atoms with Crippen LogP contribution in [0.2, 0.25) is 0 Å². The lowest BCUT2D eigenvalue weighted by Crippen LogP contribution is -2.32. The molecule has 0 saturated heterocycles. The van der Waals surface area contributed by atoms with Crippen LogP contribution in [0.15, 0.2) is 47.1 Å². The Kier molecular flexibility index (Phi) is 5.63. The van der Waals surface area contributed by atoms with E-state index in [2.05, 4.69) is 10.6 Å². The van der Waals surface area contributed by atoms with E-state index < -0.39 is 10.8 Å². The highest BCUT2D eigenvalue weighted by Gasteiger charge is 2.13. The summed E-state index contributed by atoms with van der Waals surface area (Å²) in [6.07, 6.45) is 4.21. The van der Waals surface area contributed by atoms with Gasteiger partial charge in [0.2, 0.25) is 5.91 Å². The number of nitro groups is 1. The van der Waals surface area contributed by atoms with Crippen molar-refractivity contribution in [2.24, 2.45) is 0 Å². The number of nitrogens with zero attached hydrogens (tertiary/aromatic N) is 1. The number of anilines is 1. The molecule has 2 aromatic rings. The van der Waals surface area contributed by atoms with Crippen LogP contribution in [0.5, 0.6) is 5.75 Å². The first kappa shape index (κ1) is 17.2. The van der Waals surface area contributed by atoms with Crippen LogP contribution in [0.1, 0.15) is 5.76 Å². The number of carbonyl (C=O) groups is 1. The number of carbonyl (C=O) groups excluding carboxylic acids is 1. The van der Waals surface area contributed by atoms with Gasteiger partial charge >= 0.3 is 0 Å². The van der Waals surface area contributed by atoms with Crippen molar-refractivity contribution < 1.29 is 18.9 Å². The molecule has 1 aromatic heterocycles. The molecular formula is C15H13N3O5S. The summed E-state index contributed by atoms with van der Waals surface area (Å²) in [5.74, 6) is 0.390. The molecule has 0 saturated carbocycles. The zero-order valence-corrected chi connectivity index (χ0v) is 13.3. The first-order valence-corrected chi connectivity index (χ1v) is 7.06. The number of methoxy groups -OCH3 is 1. The van der Waals surface area contributed by atoms with Crippen LogP contribution in [0.3, 0.4) is 0 Å². The van der Waals surface area contributed by atoms with E-state index in [0.29, 0.717) is 11.5 Å². The largest absolute Gasteiger partial charge is 0.495 e. The number of thiocarbonyl (C=S) groups is 1. The number of amides is 1. The van der Waals surface area contributed by atoms with Crippen molar-refractivity contribution in [3.63, 3.8) is 0 Å². The summed E-state index contributed by atoms with van der Waals surface area (Å²) in [6, 6.07) is 7.38. The minimum absolute atomic E-state index is 0.0251. The van der Waals surface area contributed by atoms with E-state index in [1.54, 1.807) is 12.1 Å². The van der Waals surface area contributed by atoms with Gasteiger partial charge in [-0.05, 0) is 36.5 Å². The number of ether oxygens (including phenoxy) is 1. The molecule has 9 heteroatoms. The zero-order valence-electron chi connectivity index (χ0n) is 12.5. The number of nitro benzene ring substituents is 1. The van der Waals surface area contributed by atoms with Crippen LogP contribution in [0.25, 0.3) is 6.08 Å². The van der Waals surface area contributed by atoms with Crippen molar-refractivity contribution in [1.29, 1.82) is 0 Å². The Morgan fingerprint density at radius 1 is 1.42 bits per heavy atom. The van der Waals surface area contributed by atoms with Gasteiger partial charge in [-0.15, -0.1) is 0 Å². The SMILES string of the molecule is COc1ccc([N+](=O)[O-])cc1NC(=S)NC(=O)/C=C/c1ccco1. The number of hydrogen-bond donors (Lipinski definition) is 2. The molecule has 0 fully saturated rings. The normalized spacial score (nSPS) is 10.4. The number of rotatable bonds is 5. The van der Waals surface area contributed by atoms with Gasteiger partial charge in [0.1, 0.15) is 11.5 Å². The van der Waals surface area contributed by atoms with Crippen LogP contribution in [0.4, 0.5) is 11.4 Å². The molecular weight excluding hydrogens is 334 g/mol. The molecule has 8 nitrogen and oxygen atoms in total. The second kappa shape index (κ2) is 7.88. The molecule has 2 N–H and O–H groups in total. The lowest BCUT2D eigenvalue weighted by molar-refractivity contribution is -0.384. The average Bonchev–Trinajstić information content (AvgIpc) is 3.06. The number of nitrogens with one attached hydrogen (secondary N) is 2. The molecule has 124 valence electrons. The number of hydrogen-bond acceptors (Lipinski definition) is 6. The maximum absolute atomic E-state index is 11.8. The van der Waals surface area contributed by atoms with Crippen molar-refractivity contribution in [3.05, 3.63) is 58.5 Å². The standard InChI is InChI=1S/C15H13N3O5S/c1-22-13-6-4-10(18(20)21)9-12(13)16-15(24)17-14(19)7-5-11-3-2-8-23-11/h2-9H,1H3,(H2,16,17,19,24)/b7-5+. The van der Waals surface area contributed by atoms with Crippen molar-refractivity contribution in [1.82, 2.24) is 5.32 Å². The van der Waals surface area contributed by atoms with Gasteiger partial charge in [-0.2, -0.15) is 0 Å². The first-order valence-electron chi connectivity index (χ1n) is 6.65. The maximum Gasteiger partial charge on any atom is 0.271 e. The Morgan fingerprint density at radius 3 is 2.83 bits per heavy atom. The van der Waals surface area contributed by atoms with E-state index in [1.165, 1.54) is 43.7 Å². The molecule has 0 aliphatic carbocycles. The van der Waals surface area contributed by atoms with E-state index in [-0.39, 0.29) is 16.5 Å². The summed E-state index contributed by atoms with van der Waals surface area (Å²) in [4.78, 5) is 22.0. The monoisotopic (exact) mass is 347 g/mol. The van der Waals surface area contributed by atoms with Crippen LogP contribution in [0, 0.1) is 10.1 Å². The highest BCUT2D eigenvalue weighted by molar-refractivity contribution is 7.80. The zero-order chi connectivity index (χ0) is 17.5. The number of furan rings is 1. The van der Waals surface area contributed by atoms with Crippen molar-refractivity contribution in [3.8, 4) is 5.75 Å². The van der Waals surface area contributed by atoms with E-state index >= 15 is 0 Å². The molecule has 0 aliphatic rings. The molecule has 1 amide bonds. The third-order valence-corrected chi connectivity index (χ3v) is 3.03. The third-order valence-electron chi connectivity index (χ3n) is 2.82. The Hall–Kier alpha value is -3.20. The minimum Gasteiger partial charge on any atom is -0.495 e. The quantitative estimate of drug-likeness (QED) is 0.371. The molecule has 0 spiro atoms. The van der Waals surface area contributed by atoms with Gasteiger partial charge in [0, 0.05) is 18.2 Å². The molecule has 1 aromatic carbocycles. The van der Waals surface area contributed by atoms with Gasteiger partial charge in [0.15, 0.2) is 5.11 Å². The summed E-state index contributed by atoms with van der Waals surface area (Å²) >= 11 is 5.02. The van der Waals surface area contributed by atoms with Crippen molar-refractivity contribution in [2.75, 3.05) is 12.4 Å². The molecule has 2 rings (SSSR count). The summed E-state index contributed by atoms with van der Waals surface area (Å²) in [5.41, 5.74) is 0.136. The molecule has 0 unspecified atom stereocenters. The predicted octanol–water partition coefficient (Wildman–Crippen LogP) is 2.72. The molecule has 24 heavy (non-hydrogen) atoms. The molecule has 0 aliphatic heterocycles. The van der Waals surface area contributed by atoms with Crippen LogP contribution in [-0.4, -0.2) is 23.1 Å². The Balaban J connectivity index is 2.02. The Morgan fingerprint density at radius 2 is 2.21 bits per heavy atom. The molecule has 0 radical (unpaired) electrons. The van der Waals surface area contributed by atoms with Gasteiger partial charge in [-0.25, -0.2) is 0 Å². The third kappa shape index (κ3) is 4.65. The summed E-state index contributed by atoms with van der Waals surface area (Å²) in [7, 11) is 1.42. The second-order valence-electron chi connectivity index (χ2n) is 4.43. The predicted molar refractivity (Wildman–Crippen MR) is 91.8 cm³/mol. The molecule has 0 bridgehead atoms. The van der Waals surface area contributed by atoms with E-state index in [9.17, 15) is 14.9 Å². The van der Waals surface area contributed by atoms with Gasteiger partial charge in [-0.3, -0.25) is 20.2 Å². The highest BCUT2D eigenvalue weighted by Crippen LogP contribution is 2.28. The summed E-state index contributed by atoms with van der Waals surface area (Å²) in [6.45, 7) is 0. The van der Waals surface area contributed by atoms with Crippen LogP contribution in [-0.2, 0) is 4.79 Å². The van der Waals surface area contributed by atoms with E-state index in [1.807, 2.05) is 0 Å². The fourth-order valence-corrected chi connectivity index (χ4v) is 1.97. The van der Waals surface area contributed by atoms with E-state index in [0.717, 1.165) is 0 Å². The maximum atomic E-state index is 11.8. The van der Waals surface area contributed by atoms with E-state index in [4.69, 9.17) is 21.4 Å². The average molecular weight is 347 g/mol. The topological polar surface area (TPSA) is 107 Å².